The minimum Gasteiger partial charge on any atom is -0.458 e. The van der Waals surface area contributed by atoms with Gasteiger partial charge in [-0.3, -0.25) is 9.59 Å². The third-order valence-electron chi connectivity index (χ3n) is 2.17. The van der Waals surface area contributed by atoms with Gasteiger partial charge in [0.25, 0.3) is 0 Å². The lowest BCUT2D eigenvalue weighted by Gasteiger charge is -2.36. The molecule has 0 aromatic rings. The maximum absolute atomic E-state index is 10.9. The van der Waals surface area contributed by atoms with Gasteiger partial charge in [-0.15, -0.1) is 0 Å². The summed E-state index contributed by atoms with van der Waals surface area (Å²) in [4.78, 5) is 32.7. The number of halogens is 1. The largest absolute Gasteiger partial charge is 0.458 e. The molecule has 4 atom stereocenters. The molecule has 0 aliphatic carbocycles. The quantitative estimate of drug-likeness (QED) is 0.430. The highest BCUT2D eigenvalue weighted by Crippen LogP contribution is 2.27. The molecule has 17 heavy (non-hydrogen) atoms. The van der Waals surface area contributed by atoms with Crippen molar-refractivity contribution in [1.29, 1.82) is 0 Å². The average Bonchev–Trinajstić information content (AvgIpc) is 2.20. The molecule has 0 N–H and O–H groups in total. The van der Waals surface area contributed by atoms with Crippen LogP contribution in [0.25, 0.3) is 0 Å². The average molecular weight is 309 g/mol. The summed E-state index contributed by atoms with van der Waals surface area (Å²) in [7, 11) is 0. The maximum atomic E-state index is 10.9. The standard InChI is InChI=1S/C10H13BrO6/c1-5(13)15-7-3-9(11)17-8(4-12)10(7)16-6(2)14/h4,7-10H,3H2,1-2H3/t7?,8?,9-,10-/m0/s1. The Balaban J connectivity index is 2.82. The van der Waals surface area contributed by atoms with Crippen LogP contribution < -0.4 is 0 Å². The molecule has 1 saturated heterocycles. The summed E-state index contributed by atoms with van der Waals surface area (Å²) >= 11 is 3.18. The van der Waals surface area contributed by atoms with Crippen molar-refractivity contribution in [3.8, 4) is 0 Å². The monoisotopic (exact) mass is 308 g/mol. The lowest BCUT2D eigenvalue weighted by molar-refractivity contribution is -0.194. The van der Waals surface area contributed by atoms with Gasteiger partial charge in [-0.05, 0) is 0 Å². The zero-order valence-electron chi connectivity index (χ0n) is 9.42. The summed E-state index contributed by atoms with van der Waals surface area (Å²) in [6.45, 7) is 2.46. The molecule has 0 aromatic carbocycles. The van der Waals surface area contributed by atoms with Gasteiger partial charge < -0.3 is 19.0 Å². The molecule has 0 aromatic heterocycles. The highest BCUT2D eigenvalue weighted by atomic mass is 79.9. The van der Waals surface area contributed by atoms with E-state index in [1.54, 1.807) is 0 Å². The second-order valence-corrected chi connectivity index (χ2v) is 4.63. The Morgan fingerprint density at radius 3 is 2.35 bits per heavy atom. The number of hydrogen-bond acceptors (Lipinski definition) is 6. The van der Waals surface area contributed by atoms with Crippen molar-refractivity contribution in [3.05, 3.63) is 0 Å². The van der Waals surface area contributed by atoms with Gasteiger partial charge in [-0.2, -0.15) is 0 Å². The SMILES string of the molecule is CC(=O)OC1C[C@@H](Br)OC(C=O)[C@H]1OC(C)=O. The first-order valence-electron chi connectivity index (χ1n) is 5.03. The van der Waals surface area contributed by atoms with Gasteiger partial charge in [0.1, 0.15) is 11.1 Å². The van der Waals surface area contributed by atoms with E-state index in [0.717, 1.165) is 0 Å². The van der Waals surface area contributed by atoms with Crippen molar-refractivity contribution < 1.29 is 28.6 Å². The zero-order valence-corrected chi connectivity index (χ0v) is 11.0. The Bertz CT molecular complexity index is 318. The Morgan fingerprint density at radius 2 is 1.88 bits per heavy atom. The first kappa shape index (κ1) is 14.1. The second-order valence-electron chi connectivity index (χ2n) is 3.60. The Morgan fingerprint density at radius 1 is 1.29 bits per heavy atom. The van der Waals surface area contributed by atoms with Crippen molar-refractivity contribution in [2.24, 2.45) is 0 Å². The molecular formula is C10H13BrO6. The Hall–Kier alpha value is -0.950. The van der Waals surface area contributed by atoms with E-state index in [2.05, 4.69) is 15.9 Å². The molecule has 0 amide bonds. The van der Waals surface area contributed by atoms with Crippen LogP contribution in [-0.2, 0) is 28.6 Å². The summed E-state index contributed by atoms with van der Waals surface area (Å²) in [5.74, 6) is -1.06. The van der Waals surface area contributed by atoms with Crippen molar-refractivity contribution in [2.45, 2.75) is 43.6 Å². The zero-order chi connectivity index (χ0) is 13.0. The number of alkyl halides is 1. The van der Waals surface area contributed by atoms with Crippen molar-refractivity contribution in [3.63, 3.8) is 0 Å². The van der Waals surface area contributed by atoms with Gasteiger partial charge in [0.15, 0.2) is 18.5 Å². The molecule has 0 saturated carbocycles. The van der Waals surface area contributed by atoms with E-state index in [1.807, 2.05) is 0 Å². The van der Waals surface area contributed by atoms with Crippen LogP contribution in [0.3, 0.4) is 0 Å². The third-order valence-corrected chi connectivity index (χ3v) is 2.76. The second kappa shape index (κ2) is 6.11. The molecule has 0 radical (unpaired) electrons. The van der Waals surface area contributed by atoms with Crippen LogP contribution in [0, 0.1) is 0 Å². The topological polar surface area (TPSA) is 78.9 Å². The highest BCUT2D eigenvalue weighted by Gasteiger charge is 2.42. The van der Waals surface area contributed by atoms with Crippen molar-refractivity contribution in [1.82, 2.24) is 0 Å². The van der Waals surface area contributed by atoms with E-state index >= 15 is 0 Å². The number of ether oxygens (including phenoxy) is 3. The van der Waals surface area contributed by atoms with E-state index in [4.69, 9.17) is 14.2 Å². The van der Waals surface area contributed by atoms with E-state index in [1.165, 1.54) is 13.8 Å². The Kier molecular flexibility index (Phi) is 5.07. The molecule has 1 heterocycles. The van der Waals surface area contributed by atoms with E-state index in [0.29, 0.717) is 12.7 Å². The lowest BCUT2D eigenvalue weighted by atomic mass is 10.0. The number of carbonyl (C=O) groups is 3. The Labute approximate surface area is 107 Å². The maximum Gasteiger partial charge on any atom is 0.303 e. The molecule has 96 valence electrons. The van der Waals surface area contributed by atoms with Crippen LogP contribution in [0.15, 0.2) is 0 Å². The van der Waals surface area contributed by atoms with Gasteiger partial charge in [-0.1, -0.05) is 15.9 Å². The van der Waals surface area contributed by atoms with Gasteiger partial charge >= 0.3 is 11.9 Å². The summed E-state index contributed by atoms with van der Waals surface area (Å²) in [6.07, 6.45) is -1.70. The number of hydrogen-bond donors (Lipinski definition) is 0. The van der Waals surface area contributed by atoms with Crippen molar-refractivity contribution in [2.75, 3.05) is 0 Å². The first-order chi connectivity index (χ1) is 7.93. The highest BCUT2D eigenvalue weighted by molar-refractivity contribution is 9.09. The number of aldehydes is 1. The molecule has 0 bridgehead atoms. The summed E-state index contributed by atoms with van der Waals surface area (Å²) in [5.41, 5.74) is 0. The third kappa shape index (κ3) is 4.08. The number of carbonyl (C=O) groups excluding carboxylic acids is 3. The van der Waals surface area contributed by atoms with E-state index in [9.17, 15) is 14.4 Å². The van der Waals surface area contributed by atoms with Crippen LogP contribution in [0.4, 0.5) is 0 Å². The van der Waals surface area contributed by atoms with Crippen LogP contribution in [0.2, 0.25) is 0 Å². The molecule has 6 nitrogen and oxygen atoms in total. The van der Waals surface area contributed by atoms with Gasteiger partial charge in [-0.25, -0.2) is 0 Å². The fourth-order valence-corrected chi connectivity index (χ4v) is 2.22. The first-order valence-corrected chi connectivity index (χ1v) is 5.95. The summed E-state index contributed by atoms with van der Waals surface area (Å²) in [6, 6.07) is 0. The molecule has 1 aliphatic rings. The molecule has 0 spiro atoms. The molecule has 2 unspecified atom stereocenters. The summed E-state index contributed by atoms with van der Waals surface area (Å²) in [5, 5.41) is -0.422. The predicted octanol–water partition coefficient (Wildman–Crippen LogP) is 0.559. The van der Waals surface area contributed by atoms with Crippen LogP contribution in [-0.4, -0.2) is 41.5 Å². The molecule has 1 fully saturated rings. The van der Waals surface area contributed by atoms with E-state index < -0.39 is 35.3 Å². The minimum absolute atomic E-state index is 0.307. The van der Waals surface area contributed by atoms with Crippen LogP contribution in [0.1, 0.15) is 20.3 Å². The molecular weight excluding hydrogens is 296 g/mol. The van der Waals surface area contributed by atoms with Crippen LogP contribution >= 0.6 is 15.9 Å². The van der Waals surface area contributed by atoms with Gasteiger partial charge in [0.2, 0.25) is 0 Å². The fraction of sp³-hybridized carbons (Fsp3) is 0.700. The van der Waals surface area contributed by atoms with Gasteiger partial charge in [0.05, 0.1) is 0 Å². The van der Waals surface area contributed by atoms with E-state index in [-0.39, 0.29) is 0 Å². The van der Waals surface area contributed by atoms with Crippen LogP contribution in [0.5, 0.6) is 0 Å². The fourth-order valence-electron chi connectivity index (χ4n) is 1.60. The molecule has 1 rings (SSSR count). The number of esters is 2. The molecule has 1 aliphatic heterocycles. The summed E-state index contributed by atoms with van der Waals surface area (Å²) < 4.78 is 15.2. The molecule has 7 heteroatoms. The predicted molar refractivity (Wildman–Crippen MR) is 59.4 cm³/mol. The number of rotatable bonds is 3. The van der Waals surface area contributed by atoms with Gasteiger partial charge in [0, 0.05) is 20.3 Å². The van der Waals surface area contributed by atoms with Crippen molar-refractivity contribution >= 4 is 34.2 Å². The normalized spacial score (nSPS) is 32.6. The smallest absolute Gasteiger partial charge is 0.303 e. The lowest BCUT2D eigenvalue weighted by Crippen LogP contribution is -2.51. The minimum atomic E-state index is -0.943.